The molecule has 1 atom stereocenters. The first kappa shape index (κ1) is 15.0. The zero-order chi connectivity index (χ0) is 13.7. The summed E-state index contributed by atoms with van der Waals surface area (Å²) in [6.45, 7) is 15.9. The summed E-state index contributed by atoms with van der Waals surface area (Å²) >= 11 is 0. The van der Waals surface area contributed by atoms with E-state index in [0.717, 1.165) is 19.4 Å². The van der Waals surface area contributed by atoms with Crippen molar-refractivity contribution in [2.75, 3.05) is 6.54 Å². The fourth-order valence-electron chi connectivity index (χ4n) is 2.73. The molecule has 0 aromatic heterocycles. The average Bonchev–Trinajstić information content (AvgIpc) is 2.24. The quantitative estimate of drug-likeness (QED) is 0.721. The number of nitrogens with one attached hydrogen (secondary N) is 1. The van der Waals surface area contributed by atoms with Gasteiger partial charge in [0.15, 0.2) is 0 Å². The van der Waals surface area contributed by atoms with Gasteiger partial charge in [0.2, 0.25) is 0 Å². The molecule has 18 heavy (non-hydrogen) atoms. The molecule has 1 nitrogen and oxygen atoms in total. The molecular formula is C17H27N. The van der Waals surface area contributed by atoms with Crippen LogP contribution < -0.4 is 5.32 Å². The standard InChI is InChI=1S/C17H27N/c1-7-18-16(9-8-12(2)3)17-14(5)10-13(4)11-15(17)6/h10-11,16,18H,2,7-9H2,1,3-6H3. The molecule has 0 aliphatic heterocycles. The fraction of sp³-hybridized carbons (Fsp3) is 0.529. The van der Waals surface area contributed by atoms with Crippen molar-refractivity contribution in [1.82, 2.24) is 5.32 Å². The Kier molecular flexibility index (Phi) is 5.61. The first-order valence-electron chi connectivity index (χ1n) is 6.91. The molecule has 100 valence electrons. The van der Waals surface area contributed by atoms with Crippen molar-refractivity contribution < 1.29 is 0 Å². The van der Waals surface area contributed by atoms with Crippen molar-refractivity contribution in [3.8, 4) is 0 Å². The van der Waals surface area contributed by atoms with Crippen LogP contribution in [0.4, 0.5) is 0 Å². The molecule has 1 aromatic rings. The Morgan fingerprint density at radius 3 is 2.22 bits per heavy atom. The van der Waals surface area contributed by atoms with E-state index in [9.17, 15) is 0 Å². The lowest BCUT2D eigenvalue weighted by atomic mass is 9.91. The Hall–Kier alpha value is -1.08. The number of allylic oxidation sites excluding steroid dienone is 1. The van der Waals surface area contributed by atoms with Crippen LogP contribution in [0.3, 0.4) is 0 Å². The molecule has 1 N–H and O–H groups in total. The van der Waals surface area contributed by atoms with Crippen LogP contribution in [0.15, 0.2) is 24.3 Å². The molecule has 0 spiro atoms. The first-order chi connectivity index (χ1) is 8.45. The minimum atomic E-state index is 0.451. The molecule has 0 bridgehead atoms. The highest BCUT2D eigenvalue weighted by atomic mass is 14.9. The van der Waals surface area contributed by atoms with Crippen molar-refractivity contribution in [3.05, 3.63) is 46.5 Å². The van der Waals surface area contributed by atoms with Crippen molar-refractivity contribution >= 4 is 0 Å². The molecule has 0 amide bonds. The van der Waals surface area contributed by atoms with Crippen LogP contribution in [0.25, 0.3) is 0 Å². The maximum absolute atomic E-state index is 4.01. The minimum Gasteiger partial charge on any atom is -0.310 e. The van der Waals surface area contributed by atoms with E-state index in [1.54, 1.807) is 0 Å². The van der Waals surface area contributed by atoms with Gasteiger partial charge in [-0.3, -0.25) is 0 Å². The molecule has 0 aliphatic carbocycles. The number of benzene rings is 1. The second-order valence-electron chi connectivity index (χ2n) is 5.42. The SMILES string of the molecule is C=C(C)CCC(NCC)c1c(C)cc(C)cc1C. The molecule has 0 aliphatic rings. The molecule has 0 heterocycles. The Morgan fingerprint density at radius 2 is 1.78 bits per heavy atom. The van der Waals surface area contributed by atoms with Crippen LogP contribution in [0.5, 0.6) is 0 Å². The van der Waals surface area contributed by atoms with Crippen LogP contribution in [-0.2, 0) is 0 Å². The van der Waals surface area contributed by atoms with Gasteiger partial charge in [-0.05, 0) is 63.8 Å². The maximum Gasteiger partial charge on any atom is 0.0328 e. The van der Waals surface area contributed by atoms with E-state index in [1.165, 1.54) is 27.8 Å². The van der Waals surface area contributed by atoms with Gasteiger partial charge in [0.25, 0.3) is 0 Å². The van der Waals surface area contributed by atoms with Gasteiger partial charge in [-0.2, -0.15) is 0 Å². The second kappa shape index (κ2) is 6.75. The van der Waals surface area contributed by atoms with Crippen LogP contribution in [0.1, 0.15) is 55.0 Å². The van der Waals surface area contributed by atoms with Gasteiger partial charge in [0.05, 0.1) is 0 Å². The van der Waals surface area contributed by atoms with E-state index in [4.69, 9.17) is 0 Å². The third-order valence-electron chi connectivity index (χ3n) is 3.40. The van der Waals surface area contributed by atoms with E-state index in [-0.39, 0.29) is 0 Å². The maximum atomic E-state index is 4.01. The summed E-state index contributed by atoms with van der Waals surface area (Å²) in [4.78, 5) is 0. The summed E-state index contributed by atoms with van der Waals surface area (Å²) in [6, 6.07) is 5.02. The lowest BCUT2D eigenvalue weighted by Crippen LogP contribution is -2.22. The first-order valence-corrected chi connectivity index (χ1v) is 6.91. The van der Waals surface area contributed by atoms with Crippen LogP contribution in [0, 0.1) is 20.8 Å². The molecule has 1 heteroatoms. The fourth-order valence-corrected chi connectivity index (χ4v) is 2.73. The largest absolute Gasteiger partial charge is 0.310 e. The molecular weight excluding hydrogens is 218 g/mol. The van der Waals surface area contributed by atoms with E-state index in [2.05, 4.69) is 58.6 Å². The number of rotatable bonds is 6. The highest BCUT2D eigenvalue weighted by Crippen LogP contribution is 2.27. The highest BCUT2D eigenvalue weighted by Gasteiger charge is 2.15. The van der Waals surface area contributed by atoms with Crippen molar-refractivity contribution in [2.24, 2.45) is 0 Å². The molecule has 0 radical (unpaired) electrons. The van der Waals surface area contributed by atoms with Gasteiger partial charge in [-0.1, -0.05) is 30.2 Å². The molecule has 1 aromatic carbocycles. The normalized spacial score (nSPS) is 12.5. The molecule has 0 fully saturated rings. The molecule has 0 saturated heterocycles. The Bertz CT molecular complexity index is 395. The van der Waals surface area contributed by atoms with Gasteiger partial charge < -0.3 is 5.32 Å². The van der Waals surface area contributed by atoms with E-state index in [0.29, 0.717) is 6.04 Å². The molecule has 1 unspecified atom stereocenters. The predicted octanol–water partition coefficient (Wildman–Crippen LogP) is 4.62. The monoisotopic (exact) mass is 245 g/mol. The highest BCUT2D eigenvalue weighted by molar-refractivity contribution is 5.39. The van der Waals surface area contributed by atoms with Crippen LogP contribution in [-0.4, -0.2) is 6.54 Å². The lowest BCUT2D eigenvalue weighted by molar-refractivity contribution is 0.510. The van der Waals surface area contributed by atoms with Gasteiger partial charge in [0.1, 0.15) is 0 Å². The number of aryl methyl sites for hydroxylation is 3. The summed E-state index contributed by atoms with van der Waals surface area (Å²) < 4.78 is 0. The Labute approximate surface area is 112 Å². The van der Waals surface area contributed by atoms with Gasteiger partial charge in [0, 0.05) is 6.04 Å². The molecule has 1 rings (SSSR count). The summed E-state index contributed by atoms with van der Waals surface area (Å²) in [6.07, 6.45) is 2.22. The van der Waals surface area contributed by atoms with Crippen LogP contribution in [0.2, 0.25) is 0 Å². The summed E-state index contributed by atoms with van der Waals surface area (Å²) in [5.74, 6) is 0. The average molecular weight is 245 g/mol. The molecule has 0 saturated carbocycles. The predicted molar refractivity (Wildman–Crippen MR) is 81.1 cm³/mol. The van der Waals surface area contributed by atoms with Crippen molar-refractivity contribution in [2.45, 2.75) is 53.5 Å². The summed E-state index contributed by atoms with van der Waals surface area (Å²) in [5, 5.41) is 3.61. The topological polar surface area (TPSA) is 12.0 Å². The second-order valence-corrected chi connectivity index (χ2v) is 5.42. The zero-order valence-corrected chi connectivity index (χ0v) is 12.6. The van der Waals surface area contributed by atoms with E-state index >= 15 is 0 Å². The number of hydrogen-bond donors (Lipinski definition) is 1. The van der Waals surface area contributed by atoms with Crippen LogP contribution >= 0.6 is 0 Å². The lowest BCUT2D eigenvalue weighted by Gasteiger charge is -2.23. The van der Waals surface area contributed by atoms with E-state index in [1.807, 2.05) is 0 Å². The van der Waals surface area contributed by atoms with Crippen molar-refractivity contribution in [1.29, 1.82) is 0 Å². The minimum absolute atomic E-state index is 0.451. The third-order valence-corrected chi connectivity index (χ3v) is 3.40. The van der Waals surface area contributed by atoms with Crippen molar-refractivity contribution in [3.63, 3.8) is 0 Å². The van der Waals surface area contributed by atoms with Gasteiger partial charge in [-0.15, -0.1) is 6.58 Å². The van der Waals surface area contributed by atoms with Gasteiger partial charge in [-0.25, -0.2) is 0 Å². The Balaban J connectivity index is 3.01. The summed E-state index contributed by atoms with van der Waals surface area (Å²) in [5.41, 5.74) is 6.90. The summed E-state index contributed by atoms with van der Waals surface area (Å²) in [7, 11) is 0. The van der Waals surface area contributed by atoms with Gasteiger partial charge >= 0.3 is 0 Å². The Morgan fingerprint density at radius 1 is 1.22 bits per heavy atom. The van der Waals surface area contributed by atoms with E-state index < -0.39 is 0 Å². The number of hydrogen-bond acceptors (Lipinski definition) is 1. The third kappa shape index (κ3) is 3.99. The zero-order valence-electron chi connectivity index (χ0n) is 12.6. The smallest absolute Gasteiger partial charge is 0.0328 e.